The topological polar surface area (TPSA) is 3.24 Å². The predicted octanol–water partition coefficient (Wildman–Crippen LogP) is 3.06. The monoisotopic (exact) mass is 227 g/mol. The van der Waals surface area contributed by atoms with Crippen molar-refractivity contribution in [3.8, 4) is 0 Å². The van der Waals surface area contributed by atoms with Crippen LogP contribution in [0.25, 0.3) is 0 Å². The number of nitrogens with zero attached hydrogens (tertiary/aromatic N) is 1. The lowest BCUT2D eigenvalue weighted by Gasteiger charge is -2.32. The van der Waals surface area contributed by atoms with Crippen molar-refractivity contribution in [2.45, 2.75) is 39.5 Å². The Balaban J connectivity index is 1.90. The van der Waals surface area contributed by atoms with Crippen LogP contribution in [0.4, 0.5) is 0 Å². The maximum absolute atomic E-state index is 4.59. The van der Waals surface area contributed by atoms with Crippen molar-refractivity contribution in [2.24, 2.45) is 17.3 Å². The Hall–Kier alpha value is 0.310. The Labute approximate surface area is 100 Å². The highest BCUT2D eigenvalue weighted by atomic mass is 32.1. The molecule has 0 aromatic rings. The molecule has 0 bridgehead atoms. The third-order valence-corrected chi connectivity index (χ3v) is 5.29. The summed E-state index contributed by atoms with van der Waals surface area (Å²) in [6, 6.07) is 0. The predicted molar refractivity (Wildman–Crippen MR) is 69.5 cm³/mol. The molecule has 0 N–H and O–H groups in total. The van der Waals surface area contributed by atoms with Gasteiger partial charge in [0, 0.05) is 19.6 Å². The lowest BCUT2D eigenvalue weighted by molar-refractivity contribution is 0.195. The maximum Gasteiger partial charge on any atom is 0.00460 e. The van der Waals surface area contributed by atoms with E-state index >= 15 is 0 Å². The Morgan fingerprint density at radius 1 is 1.13 bits per heavy atom. The van der Waals surface area contributed by atoms with Crippen LogP contribution < -0.4 is 0 Å². The Morgan fingerprint density at radius 3 is 2.13 bits per heavy atom. The number of hydrogen-bond acceptors (Lipinski definition) is 2. The van der Waals surface area contributed by atoms with Crippen molar-refractivity contribution in [1.29, 1.82) is 0 Å². The van der Waals surface area contributed by atoms with Gasteiger partial charge in [-0.2, -0.15) is 12.6 Å². The first-order valence-corrected chi connectivity index (χ1v) is 7.12. The molecule has 0 radical (unpaired) electrons. The molecule has 1 saturated heterocycles. The minimum Gasteiger partial charge on any atom is -0.302 e. The molecule has 2 rings (SSSR count). The number of thiol groups is 1. The van der Waals surface area contributed by atoms with E-state index in [-0.39, 0.29) is 0 Å². The second-order valence-electron chi connectivity index (χ2n) is 6.01. The Morgan fingerprint density at radius 2 is 1.67 bits per heavy atom. The van der Waals surface area contributed by atoms with Gasteiger partial charge in [-0.1, -0.05) is 26.7 Å². The summed E-state index contributed by atoms with van der Waals surface area (Å²) in [5, 5.41) is 0. The van der Waals surface area contributed by atoms with Gasteiger partial charge in [-0.3, -0.25) is 0 Å². The molecule has 2 aliphatic rings. The van der Waals surface area contributed by atoms with E-state index in [1.807, 2.05) is 0 Å². The highest BCUT2D eigenvalue weighted by Gasteiger charge is 2.37. The van der Waals surface area contributed by atoms with Crippen molar-refractivity contribution in [3.63, 3.8) is 0 Å². The number of rotatable bonds is 3. The number of hydrogen-bond donors (Lipinski definition) is 1. The Bertz CT molecular complexity index is 201. The molecule has 0 aromatic heterocycles. The molecule has 1 saturated carbocycles. The smallest absolute Gasteiger partial charge is 0.00460 e. The van der Waals surface area contributed by atoms with Gasteiger partial charge >= 0.3 is 0 Å². The summed E-state index contributed by atoms with van der Waals surface area (Å²) >= 11 is 4.59. The summed E-state index contributed by atoms with van der Waals surface area (Å²) in [4.78, 5) is 2.69. The molecule has 0 spiro atoms. The average molecular weight is 227 g/mol. The zero-order valence-corrected chi connectivity index (χ0v) is 11.1. The molecule has 1 nitrogen and oxygen atoms in total. The van der Waals surface area contributed by atoms with Crippen LogP contribution in [0.3, 0.4) is 0 Å². The van der Waals surface area contributed by atoms with Crippen molar-refractivity contribution >= 4 is 12.6 Å². The molecule has 15 heavy (non-hydrogen) atoms. The Kier molecular flexibility index (Phi) is 3.67. The second kappa shape index (κ2) is 4.67. The van der Waals surface area contributed by atoms with E-state index in [2.05, 4.69) is 31.4 Å². The summed E-state index contributed by atoms with van der Waals surface area (Å²) < 4.78 is 0. The molecule has 88 valence electrons. The first kappa shape index (κ1) is 11.8. The van der Waals surface area contributed by atoms with Crippen LogP contribution in [0.2, 0.25) is 0 Å². The van der Waals surface area contributed by atoms with Gasteiger partial charge in [0.25, 0.3) is 0 Å². The minimum atomic E-state index is 0.562. The molecule has 0 amide bonds. The lowest BCUT2D eigenvalue weighted by Crippen LogP contribution is -2.36. The quantitative estimate of drug-likeness (QED) is 0.725. The molecule has 1 aliphatic heterocycles. The molecule has 2 atom stereocenters. The summed E-state index contributed by atoms with van der Waals surface area (Å²) in [5.41, 5.74) is 0.562. The molecular weight excluding hydrogens is 202 g/mol. The second-order valence-corrected chi connectivity index (χ2v) is 6.33. The van der Waals surface area contributed by atoms with E-state index in [4.69, 9.17) is 0 Å². The van der Waals surface area contributed by atoms with E-state index in [1.54, 1.807) is 0 Å². The zero-order chi connectivity index (χ0) is 10.9. The van der Waals surface area contributed by atoms with Crippen molar-refractivity contribution in [3.05, 3.63) is 0 Å². The molecule has 2 unspecified atom stereocenters. The third-order valence-electron chi connectivity index (χ3n) is 4.62. The molecule has 0 aromatic carbocycles. The summed E-state index contributed by atoms with van der Waals surface area (Å²) in [6.07, 6.45) is 5.69. The SMILES string of the molecule is CC1CN(CC2(CS)CCCC2)CC1C. The molecule has 2 fully saturated rings. The van der Waals surface area contributed by atoms with Gasteiger partial charge < -0.3 is 4.90 Å². The normalized spacial score (nSPS) is 36.2. The largest absolute Gasteiger partial charge is 0.302 e. The van der Waals surface area contributed by atoms with E-state index in [0.29, 0.717) is 5.41 Å². The van der Waals surface area contributed by atoms with E-state index < -0.39 is 0 Å². The molecule has 1 aliphatic carbocycles. The average Bonchev–Trinajstić information content (AvgIpc) is 2.77. The van der Waals surface area contributed by atoms with Gasteiger partial charge in [0.1, 0.15) is 0 Å². The molecule has 1 heterocycles. The van der Waals surface area contributed by atoms with Crippen LogP contribution in [-0.4, -0.2) is 30.3 Å². The maximum atomic E-state index is 4.59. The molecular formula is C13H25NS. The van der Waals surface area contributed by atoms with Crippen LogP contribution in [0.1, 0.15) is 39.5 Å². The summed E-state index contributed by atoms with van der Waals surface area (Å²) in [5.74, 6) is 2.87. The van der Waals surface area contributed by atoms with Crippen LogP contribution in [0, 0.1) is 17.3 Å². The van der Waals surface area contributed by atoms with Crippen LogP contribution >= 0.6 is 12.6 Å². The van der Waals surface area contributed by atoms with Gasteiger partial charge in [-0.05, 0) is 35.8 Å². The van der Waals surface area contributed by atoms with Crippen molar-refractivity contribution in [1.82, 2.24) is 4.90 Å². The van der Waals surface area contributed by atoms with E-state index in [9.17, 15) is 0 Å². The van der Waals surface area contributed by atoms with E-state index in [1.165, 1.54) is 45.3 Å². The standard InChI is InChI=1S/C13H25NS/c1-11-7-14(8-12(11)2)9-13(10-15)5-3-4-6-13/h11-12,15H,3-10H2,1-2H3. The summed E-state index contributed by atoms with van der Waals surface area (Å²) in [6.45, 7) is 8.73. The lowest BCUT2D eigenvalue weighted by atomic mass is 9.88. The first-order chi connectivity index (χ1) is 7.15. The minimum absolute atomic E-state index is 0.562. The van der Waals surface area contributed by atoms with Crippen LogP contribution in [0.15, 0.2) is 0 Å². The van der Waals surface area contributed by atoms with Gasteiger partial charge in [-0.25, -0.2) is 0 Å². The van der Waals surface area contributed by atoms with Gasteiger partial charge in [0.2, 0.25) is 0 Å². The summed E-state index contributed by atoms with van der Waals surface area (Å²) in [7, 11) is 0. The van der Waals surface area contributed by atoms with Crippen molar-refractivity contribution < 1.29 is 0 Å². The van der Waals surface area contributed by atoms with Gasteiger partial charge in [0.15, 0.2) is 0 Å². The van der Waals surface area contributed by atoms with Crippen LogP contribution in [-0.2, 0) is 0 Å². The van der Waals surface area contributed by atoms with Crippen molar-refractivity contribution in [2.75, 3.05) is 25.4 Å². The zero-order valence-electron chi connectivity index (χ0n) is 10.2. The highest BCUT2D eigenvalue weighted by Crippen LogP contribution is 2.40. The first-order valence-electron chi connectivity index (χ1n) is 6.48. The van der Waals surface area contributed by atoms with Crippen LogP contribution in [0.5, 0.6) is 0 Å². The molecule has 2 heteroatoms. The fourth-order valence-corrected chi connectivity index (χ4v) is 3.76. The van der Waals surface area contributed by atoms with E-state index in [0.717, 1.165) is 17.6 Å². The van der Waals surface area contributed by atoms with Gasteiger partial charge in [0.05, 0.1) is 0 Å². The number of likely N-dealkylation sites (tertiary alicyclic amines) is 1. The highest BCUT2D eigenvalue weighted by molar-refractivity contribution is 7.80. The fraction of sp³-hybridized carbons (Fsp3) is 1.00. The third kappa shape index (κ3) is 2.52. The fourth-order valence-electron chi connectivity index (χ4n) is 3.34. The van der Waals surface area contributed by atoms with Gasteiger partial charge in [-0.15, -0.1) is 0 Å².